The normalized spacial score (nSPS) is 10.1. The molecule has 0 fully saturated rings. The van der Waals surface area contributed by atoms with Gasteiger partial charge in [-0.25, -0.2) is 9.18 Å². The molecule has 2 aromatic carbocycles. The third kappa shape index (κ3) is 4.22. The summed E-state index contributed by atoms with van der Waals surface area (Å²) in [5.74, 6) is -0.222. The number of urea groups is 1. The van der Waals surface area contributed by atoms with E-state index in [1.54, 1.807) is 23.1 Å². The van der Waals surface area contributed by atoms with E-state index < -0.39 is 5.82 Å². The molecule has 0 aliphatic rings. The fourth-order valence-electron chi connectivity index (χ4n) is 2.03. The molecule has 0 bridgehead atoms. The fourth-order valence-corrected chi connectivity index (χ4v) is 2.03. The minimum atomic E-state index is -0.409. The predicted molar refractivity (Wildman–Crippen MR) is 84.8 cm³/mol. The monoisotopic (exact) mass is 302 g/mol. The Kier molecular flexibility index (Phi) is 5.77. The number of hydrogen-bond acceptors (Lipinski definition) is 2. The second-order valence-corrected chi connectivity index (χ2v) is 4.59. The van der Waals surface area contributed by atoms with Crippen molar-refractivity contribution in [2.45, 2.75) is 6.92 Å². The number of nitrogens with one attached hydrogen (secondary N) is 1. The van der Waals surface area contributed by atoms with Crippen LogP contribution in [0.5, 0.6) is 5.75 Å². The van der Waals surface area contributed by atoms with Gasteiger partial charge in [0, 0.05) is 12.2 Å². The Morgan fingerprint density at radius 2 is 1.82 bits per heavy atom. The molecule has 0 aromatic heterocycles. The number of ether oxygens (including phenoxy) is 1. The first kappa shape index (κ1) is 15.8. The Labute approximate surface area is 129 Å². The molecular formula is C17H19FN2O2. The van der Waals surface area contributed by atoms with Crippen molar-refractivity contribution < 1.29 is 13.9 Å². The highest BCUT2D eigenvalue weighted by molar-refractivity contribution is 5.91. The number of anilines is 1. The number of nitrogens with zero attached hydrogens (tertiary/aromatic N) is 1. The second-order valence-electron chi connectivity index (χ2n) is 4.59. The highest BCUT2D eigenvalue weighted by Gasteiger charge is 2.12. The smallest absolute Gasteiger partial charge is 0.321 e. The molecule has 2 rings (SSSR count). The largest absolute Gasteiger partial charge is 0.489 e. The topological polar surface area (TPSA) is 41.6 Å². The maximum atomic E-state index is 13.4. The van der Waals surface area contributed by atoms with E-state index in [9.17, 15) is 9.18 Å². The molecule has 0 radical (unpaired) electrons. The lowest BCUT2D eigenvalue weighted by atomic mass is 10.3. The fraction of sp³-hybridized carbons (Fsp3) is 0.235. The molecule has 0 heterocycles. The van der Waals surface area contributed by atoms with Crippen molar-refractivity contribution in [2.75, 3.05) is 24.6 Å². The van der Waals surface area contributed by atoms with E-state index in [1.807, 2.05) is 37.3 Å². The zero-order chi connectivity index (χ0) is 15.8. The van der Waals surface area contributed by atoms with Crippen molar-refractivity contribution in [2.24, 2.45) is 0 Å². The molecule has 0 spiro atoms. The molecule has 0 aliphatic carbocycles. The third-order valence-corrected chi connectivity index (χ3v) is 3.10. The number of carbonyl (C=O) groups is 1. The molecular weight excluding hydrogens is 283 g/mol. The molecule has 22 heavy (non-hydrogen) atoms. The Morgan fingerprint density at radius 3 is 2.50 bits per heavy atom. The summed E-state index contributed by atoms with van der Waals surface area (Å²) in [7, 11) is 0. The highest BCUT2D eigenvalue weighted by Crippen LogP contribution is 2.15. The maximum Gasteiger partial charge on any atom is 0.321 e. The number of halogens is 1. The van der Waals surface area contributed by atoms with Crippen molar-refractivity contribution in [1.29, 1.82) is 0 Å². The van der Waals surface area contributed by atoms with Crippen molar-refractivity contribution in [3.8, 4) is 5.75 Å². The van der Waals surface area contributed by atoms with Crippen LogP contribution in [-0.4, -0.2) is 25.7 Å². The Balaban J connectivity index is 1.81. The van der Waals surface area contributed by atoms with Gasteiger partial charge in [0.15, 0.2) is 11.6 Å². The van der Waals surface area contributed by atoms with Gasteiger partial charge in [-0.3, -0.25) is 4.90 Å². The molecule has 0 saturated heterocycles. The number of amides is 2. The van der Waals surface area contributed by atoms with Crippen LogP contribution in [0.25, 0.3) is 0 Å². The minimum Gasteiger partial charge on any atom is -0.489 e. The van der Waals surface area contributed by atoms with Gasteiger partial charge in [-0.1, -0.05) is 30.3 Å². The van der Waals surface area contributed by atoms with Crippen LogP contribution in [0.2, 0.25) is 0 Å². The SMILES string of the molecule is CCN(C(=O)NCCOc1ccccc1F)c1ccccc1. The summed E-state index contributed by atoms with van der Waals surface area (Å²) < 4.78 is 18.7. The number of rotatable bonds is 6. The Hall–Kier alpha value is -2.56. The summed E-state index contributed by atoms with van der Waals surface area (Å²) in [6.45, 7) is 2.97. The summed E-state index contributed by atoms with van der Waals surface area (Å²) >= 11 is 0. The summed E-state index contributed by atoms with van der Waals surface area (Å²) in [6.07, 6.45) is 0. The van der Waals surface area contributed by atoms with Crippen molar-refractivity contribution >= 4 is 11.7 Å². The lowest BCUT2D eigenvalue weighted by Crippen LogP contribution is -2.41. The van der Waals surface area contributed by atoms with Crippen LogP contribution in [0.3, 0.4) is 0 Å². The van der Waals surface area contributed by atoms with E-state index in [1.165, 1.54) is 6.07 Å². The van der Waals surface area contributed by atoms with E-state index in [0.717, 1.165) is 5.69 Å². The van der Waals surface area contributed by atoms with Gasteiger partial charge in [0.05, 0.1) is 6.54 Å². The van der Waals surface area contributed by atoms with Crippen LogP contribution in [-0.2, 0) is 0 Å². The van der Waals surface area contributed by atoms with Gasteiger partial charge >= 0.3 is 6.03 Å². The maximum absolute atomic E-state index is 13.4. The third-order valence-electron chi connectivity index (χ3n) is 3.10. The first-order valence-corrected chi connectivity index (χ1v) is 7.20. The minimum absolute atomic E-state index is 0.187. The second kappa shape index (κ2) is 8.02. The average Bonchev–Trinajstić information content (AvgIpc) is 2.55. The van der Waals surface area contributed by atoms with Gasteiger partial charge in [-0.05, 0) is 31.2 Å². The zero-order valence-corrected chi connectivity index (χ0v) is 12.5. The van der Waals surface area contributed by atoms with Crippen LogP contribution in [0, 0.1) is 5.82 Å². The van der Waals surface area contributed by atoms with Gasteiger partial charge in [0.1, 0.15) is 6.61 Å². The van der Waals surface area contributed by atoms with Gasteiger partial charge in [0.25, 0.3) is 0 Å². The number of para-hydroxylation sites is 2. The van der Waals surface area contributed by atoms with Gasteiger partial charge in [0.2, 0.25) is 0 Å². The molecule has 5 heteroatoms. The van der Waals surface area contributed by atoms with Gasteiger partial charge < -0.3 is 10.1 Å². The van der Waals surface area contributed by atoms with Gasteiger partial charge in [-0.15, -0.1) is 0 Å². The van der Waals surface area contributed by atoms with Crippen molar-refractivity contribution in [3.05, 3.63) is 60.4 Å². The quantitative estimate of drug-likeness (QED) is 0.831. The number of hydrogen-bond donors (Lipinski definition) is 1. The summed E-state index contributed by atoms with van der Waals surface area (Å²) in [4.78, 5) is 13.8. The standard InChI is InChI=1S/C17H19FN2O2/c1-2-20(14-8-4-3-5-9-14)17(21)19-12-13-22-16-11-7-6-10-15(16)18/h3-11H,2,12-13H2,1H3,(H,19,21). The number of benzene rings is 2. The molecule has 116 valence electrons. The molecule has 4 nitrogen and oxygen atoms in total. The summed E-state index contributed by atoms with van der Waals surface area (Å²) in [6, 6.07) is 15.4. The first-order valence-electron chi connectivity index (χ1n) is 7.20. The first-order chi connectivity index (χ1) is 10.7. The van der Waals surface area contributed by atoms with Crippen molar-refractivity contribution in [3.63, 3.8) is 0 Å². The molecule has 2 amide bonds. The lowest BCUT2D eigenvalue weighted by Gasteiger charge is -2.21. The number of carbonyl (C=O) groups excluding carboxylic acids is 1. The van der Waals surface area contributed by atoms with E-state index >= 15 is 0 Å². The van der Waals surface area contributed by atoms with Crippen molar-refractivity contribution in [1.82, 2.24) is 5.32 Å². The highest BCUT2D eigenvalue weighted by atomic mass is 19.1. The van der Waals surface area contributed by atoms with E-state index in [2.05, 4.69) is 5.32 Å². The van der Waals surface area contributed by atoms with E-state index in [4.69, 9.17) is 4.74 Å². The molecule has 0 saturated carbocycles. The van der Waals surface area contributed by atoms with Crippen LogP contribution in [0.4, 0.5) is 14.9 Å². The lowest BCUT2D eigenvalue weighted by molar-refractivity contribution is 0.241. The van der Waals surface area contributed by atoms with Crippen LogP contribution < -0.4 is 15.0 Å². The Bertz CT molecular complexity index is 605. The van der Waals surface area contributed by atoms with E-state index in [0.29, 0.717) is 13.1 Å². The van der Waals surface area contributed by atoms with Crippen LogP contribution in [0.15, 0.2) is 54.6 Å². The summed E-state index contributed by atoms with van der Waals surface area (Å²) in [5.41, 5.74) is 0.831. The Morgan fingerprint density at radius 1 is 1.14 bits per heavy atom. The zero-order valence-electron chi connectivity index (χ0n) is 12.5. The summed E-state index contributed by atoms with van der Waals surface area (Å²) in [5, 5.41) is 2.76. The molecule has 0 unspecified atom stereocenters. The van der Waals surface area contributed by atoms with E-state index in [-0.39, 0.29) is 18.4 Å². The molecule has 1 N–H and O–H groups in total. The molecule has 0 atom stereocenters. The van der Waals surface area contributed by atoms with Gasteiger partial charge in [-0.2, -0.15) is 0 Å². The predicted octanol–water partition coefficient (Wildman–Crippen LogP) is 3.44. The van der Waals surface area contributed by atoms with Crippen LogP contribution >= 0.6 is 0 Å². The average molecular weight is 302 g/mol. The molecule has 2 aromatic rings. The van der Waals surface area contributed by atoms with Crippen LogP contribution in [0.1, 0.15) is 6.92 Å². The molecule has 0 aliphatic heterocycles.